The van der Waals surface area contributed by atoms with Gasteiger partial charge in [-0.05, 0) is 24.1 Å². The number of rotatable bonds is 2. The number of phenols is 1. The number of hydrogen-bond acceptors (Lipinski definition) is 3. The van der Waals surface area contributed by atoms with Crippen molar-refractivity contribution >= 4 is 12.4 Å². The Kier molecular flexibility index (Phi) is 4.77. The van der Waals surface area contributed by atoms with Gasteiger partial charge < -0.3 is 16.6 Å². The lowest BCUT2D eigenvalue weighted by molar-refractivity contribution is 0.470. The topological polar surface area (TPSA) is 72.3 Å². The Morgan fingerprint density at radius 2 is 2.08 bits per heavy atom. The van der Waals surface area contributed by atoms with E-state index in [9.17, 15) is 5.11 Å². The molecule has 1 rings (SSSR count). The van der Waals surface area contributed by atoms with Gasteiger partial charge in [0.15, 0.2) is 0 Å². The number of phenolic OH excluding ortho intramolecular Hbond substituents is 1. The Morgan fingerprint density at radius 1 is 1.46 bits per heavy atom. The molecule has 0 unspecified atom stereocenters. The second-order valence-corrected chi connectivity index (χ2v) is 2.89. The number of aryl methyl sites for hydroxylation is 1. The van der Waals surface area contributed by atoms with Crippen LogP contribution in [0, 0.1) is 6.92 Å². The summed E-state index contributed by atoms with van der Waals surface area (Å²) in [5, 5.41) is 9.23. The number of aromatic hydroxyl groups is 1. The molecule has 0 spiro atoms. The molecule has 0 aromatic heterocycles. The predicted octanol–water partition coefficient (Wildman–Crippen LogP) is 1.08. The van der Waals surface area contributed by atoms with Crippen LogP contribution in [0.15, 0.2) is 18.2 Å². The quantitative estimate of drug-likeness (QED) is 0.672. The van der Waals surface area contributed by atoms with Crippen LogP contribution in [0.1, 0.15) is 17.2 Å². The fourth-order valence-corrected chi connectivity index (χ4v) is 1.05. The van der Waals surface area contributed by atoms with Gasteiger partial charge in [-0.1, -0.05) is 12.1 Å². The van der Waals surface area contributed by atoms with Crippen molar-refractivity contribution < 1.29 is 5.11 Å². The van der Waals surface area contributed by atoms with Gasteiger partial charge in [-0.25, -0.2) is 0 Å². The molecule has 13 heavy (non-hydrogen) atoms. The molecule has 0 fully saturated rings. The smallest absolute Gasteiger partial charge is 0.118 e. The summed E-state index contributed by atoms with van der Waals surface area (Å²) in [5.41, 5.74) is 12.9. The van der Waals surface area contributed by atoms with Crippen molar-refractivity contribution in [3.05, 3.63) is 29.3 Å². The summed E-state index contributed by atoms with van der Waals surface area (Å²) >= 11 is 0. The molecule has 0 aliphatic heterocycles. The van der Waals surface area contributed by atoms with Crippen LogP contribution >= 0.6 is 12.4 Å². The Labute approximate surface area is 84.2 Å². The summed E-state index contributed by atoms with van der Waals surface area (Å²) in [4.78, 5) is 0. The van der Waals surface area contributed by atoms with Crippen molar-refractivity contribution in [3.63, 3.8) is 0 Å². The first-order valence-corrected chi connectivity index (χ1v) is 3.90. The maximum atomic E-state index is 9.23. The summed E-state index contributed by atoms with van der Waals surface area (Å²) in [6, 6.07) is 5.15. The number of nitrogens with two attached hydrogens (primary N) is 2. The van der Waals surface area contributed by atoms with Crippen molar-refractivity contribution in [3.8, 4) is 5.75 Å². The molecule has 0 radical (unpaired) electrons. The largest absolute Gasteiger partial charge is 0.508 e. The highest BCUT2D eigenvalue weighted by Crippen LogP contribution is 2.19. The average Bonchev–Trinajstić information content (AvgIpc) is 2.08. The highest BCUT2D eigenvalue weighted by Gasteiger charge is 2.04. The summed E-state index contributed by atoms with van der Waals surface area (Å²) in [5.74, 6) is 0.294. The van der Waals surface area contributed by atoms with Gasteiger partial charge in [0, 0.05) is 12.6 Å². The zero-order valence-electron chi connectivity index (χ0n) is 7.53. The van der Waals surface area contributed by atoms with E-state index in [1.165, 1.54) is 0 Å². The van der Waals surface area contributed by atoms with Crippen LogP contribution in [-0.4, -0.2) is 11.7 Å². The molecular formula is C9H15ClN2O. The molecule has 4 heteroatoms. The van der Waals surface area contributed by atoms with E-state index in [0.29, 0.717) is 12.3 Å². The molecule has 0 saturated carbocycles. The minimum absolute atomic E-state index is 0. The van der Waals surface area contributed by atoms with Crippen molar-refractivity contribution in [1.82, 2.24) is 0 Å². The Bertz CT molecular complexity index is 278. The first kappa shape index (κ1) is 12.2. The molecule has 0 aliphatic carbocycles. The van der Waals surface area contributed by atoms with Gasteiger partial charge in [-0.15, -0.1) is 12.4 Å². The zero-order valence-corrected chi connectivity index (χ0v) is 8.34. The summed E-state index contributed by atoms with van der Waals surface area (Å²) < 4.78 is 0. The minimum atomic E-state index is -0.135. The molecule has 0 bridgehead atoms. The van der Waals surface area contributed by atoms with Crippen LogP contribution in [0.2, 0.25) is 0 Å². The van der Waals surface area contributed by atoms with Gasteiger partial charge in [0.25, 0.3) is 0 Å². The van der Waals surface area contributed by atoms with E-state index in [0.717, 1.165) is 11.1 Å². The third-order valence-corrected chi connectivity index (χ3v) is 1.90. The standard InChI is InChI=1S/C9H14N2O.ClH/c1-6-4-7(8(11)5-10)2-3-9(6)12;/h2-4,8,12H,5,10-11H2,1H3;1H/t8-;/m0./s1. The normalized spacial score (nSPS) is 11.9. The molecule has 0 aliphatic rings. The molecule has 1 atom stereocenters. The van der Waals surface area contributed by atoms with E-state index in [1.54, 1.807) is 12.1 Å². The molecule has 0 heterocycles. The van der Waals surface area contributed by atoms with E-state index in [2.05, 4.69) is 0 Å². The highest BCUT2D eigenvalue weighted by atomic mass is 35.5. The van der Waals surface area contributed by atoms with Crippen LogP contribution in [0.5, 0.6) is 5.75 Å². The third kappa shape index (κ3) is 2.88. The summed E-state index contributed by atoms with van der Waals surface area (Å²) in [6.45, 7) is 2.26. The monoisotopic (exact) mass is 202 g/mol. The second-order valence-electron chi connectivity index (χ2n) is 2.89. The van der Waals surface area contributed by atoms with Gasteiger partial charge in [0.1, 0.15) is 5.75 Å². The lowest BCUT2D eigenvalue weighted by Gasteiger charge is -2.10. The van der Waals surface area contributed by atoms with Gasteiger partial charge >= 0.3 is 0 Å². The number of halogens is 1. The summed E-state index contributed by atoms with van der Waals surface area (Å²) in [7, 11) is 0. The predicted molar refractivity (Wildman–Crippen MR) is 56.1 cm³/mol. The first-order valence-electron chi connectivity index (χ1n) is 3.90. The number of benzene rings is 1. The zero-order chi connectivity index (χ0) is 9.14. The Morgan fingerprint density at radius 3 is 2.54 bits per heavy atom. The molecule has 1 aromatic carbocycles. The van der Waals surface area contributed by atoms with E-state index in [-0.39, 0.29) is 18.4 Å². The highest BCUT2D eigenvalue weighted by molar-refractivity contribution is 5.85. The maximum absolute atomic E-state index is 9.23. The molecule has 1 aromatic rings. The van der Waals surface area contributed by atoms with Gasteiger partial charge in [0.2, 0.25) is 0 Å². The minimum Gasteiger partial charge on any atom is -0.508 e. The van der Waals surface area contributed by atoms with Crippen molar-refractivity contribution in [1.29, 1.82) is 0 Å². The third-order valence-electron chi connectivity index (χ3n) is 1.90. The van der Waals surface area contributed by atoms with Gasteiger partial charge in [0.05, 0.1) is 0 Å². The van der Waals surface area contributed by atoms with Crippen LogP contribution in [0.25, 0.3) is 0 Å². The van der Waals surface area contributed by atoms with Crippen LogP contribution < -0.4 is 11.5 Å². The van der Waals surface area contributed by atoms with Crippen LogP contribution in [-0.2, 0) is 0 Å². The van der Waals surface area contributed by atoms with E-state index in [1.807, 2.05) is 13.0 Å². The van der Waals surface area contributed by atoms with E-state index >= 15 is 0 Å². The first-order chi connectivity index (χ1) is 5.65. The second kappa shape index (κ2) is 5.07. The molecule has 3 nitrogen and oxygen atoms in total. The Hall–Kier alpha value is -0.770. The lowest BCUT2D eigenvalue weighted by atomic mass is 10.0. The SMILES string of the molecule is Cc1cc([C@@H](N)CN)ccc1O.Cl. The van der Waals surface area contributed by atoms with Crippen molar-refractivity contribution in [2.24, 2.45) is 11.5 Å². The van der Waals surface area contributed by atoms with E-state index in [4.69, 9.17) is 11.5 Å². The van der Waals surface area contributed by atoms with Gasteiger partial charge in [-0.3, -0.25) is 0 Å². The molecule has 0 saturated heterocycles. The van der Waals surface area contributed by atoms with Crippen LogP contribution in [0.4, 0.5) is 0 Å². The van der Waals surface area contributed by atoms with Crippen molar-refractivity contribution in [2.75, 3.05) is 6.54 Å². The molecular weight excluding hydrogens is 188 g/mol. The Balaban J connectivity index is 0.00000144. The maximum Gasteiger partial charge on any atom is 0.118 e. The fourth-order valence-electron chi connectivity index (χ4n) is 1.05. The molecule has 74 valence electrons. The molecule has 5 N–H and O–H groups in total. The lowest BCUT2D eigenvalue weighted by Crippen LogP contribution is -2.20. The van der Waals surface area contributed by atoms with Crippen LogP contribution in [0.3, 0.4) is 0 Å². The van der Waals surface area contributed by atoms with E-state index < -0.39 is 0 Å². The fraction of sp³-hybridized carbons (Fsp3) is 0.333. The van der Waals surface area contributed by atoms with Gasteiger partial charge in [-0.2, -0.15) is 0 Å². The molecule has 0 amide bonds. The van der Waals surface area contributed by atoms with Crippen molar-refractivity contribution in [2.45, 2.75) is 13.0 Å². The number of hydrogen-bond donors (Lipinski definition) is 3. The summed E-state index contributed by atoms with van der Waals surface area (Å²) in [6.07, 6.45) is 0. The average molecular weight is 203 g/mol.